The zero-order chi connectivity index (χ0) is 19.8. The Morgan fingerprint density at radius 2 is 2.00 bits per heavy atom. The number of aryl methyl sites for hydroxylation is 1. The molecular weight excluding hydrogens is 368 g/mol. The molecule has 27 heavy (non-hydrogen) atoms. The van der Waals surface area contributed by atoms with Gasteiger partial charge in [0.05, 0.1) is 28.8 Å². The van der Waals surface area contributed by atoms with Gasteiger partial charge in [-0.05, 0) is 18.1 Å². The van der Waals surface area contributed by atoms with Gasteiger partial charge in [-0.3, -0.25) is 9.59 Å². The number of nitrogens with one attached hydrogen (secondary N) is 1. The number of nitrogens with zero attached hydrogens (tertiary/aromatic N) is 1. The monoisotopic (exact) mass is 392 g/mol. The second-order valence-electron chi connectivity index (χ2n) is 6.19. The van der Waals surface area contributed by atoms with Gasteiger partial charge in [0.2, 0.25) is 0 Å². The highest BCUT2D eigenvalue weighted by atomic mass is 32.1. The highest BCUT2D eigenvalue weighted by Crippen LogP contribution is 2.22. The molecule has 1 aromatic heterocycles. The number of hydrogen-bond donors (Lipinski definition) is 1. The normalized spacial score (nSPS) is 13.0. The predicted molar refractivity (Wildman–Crippen MR) is 102 cm³/mol. The number of methoxy groups -OCH3 is 1. The zero-order valence-corrected chi connectivity index (χ0v) is 16.5. The number of carbonyl (C=O) groups is 3. The molecule has 8 heteroatoms. The Kier molecular flexibility index (Phi) is 7.72. The van der Waals surface area contributed by atoms with Crippen LogP contribution in [0.3, 0.4) is 0 Å². The lowest BCUT2D eigenvalue weighted by Crippen LogP contribution is -2.47. The summed E-state index contributed by atoms with van der Waals surface area (Å²) in [5.41, 5.74) is 0.907. The quantitative estimate of drug-likeness (QED) is 0.659. The van der Waals surface area contributed by atoms with E-state index >= 15 is 0 Å². The van der Waals surface area contributed by atoms with E-state index < -0.39 is 30.5 Å². The Morgan fingerprint density at radius 3 is 2.67 bits per heavy atom. The van der Waals surface area contributed by atoms with Crippen molar-refractivity contribution < 1.29 is 23.9 Å². The van der Waals surface area contributed by atoms with E-state index in [1.54, 1.807) is 0 Å². The van der Waals surface area contributed by atoms with Crippen LogP contribution in [0.5, 0.6) is 0 Å². The lowest BCUT2D eigenvalue weighted by molar-refractivity contribution is -0.151. The Hall–Kier alpha value is -2.48. The smallest absolute Gasteiger partial charge is 0.328 e. The van der Waals surface area contributed by atoms with Crippen molar-refractivity contribution in [3.8, 4) is 0 Å². The van der Waals surface area contributed by atoms with Gasteiger partial charge < -0.3 is 14.8 Å². The number of hydrogen-bond acceptors (Lipinski definition) is 7. The summed E-state index contributed by atoms with van der Waals surface area (Å²) in [6.07, 6.45) is 1.29. The van der Waals surface area contributed by atoms with Gasteiger partial charge in [-0.25, -0.2) is 9.78 Å². The van der Waals surface area contributed by atoms with Crippen molar-refractivity contribution in [1.29, 1.82) is 0 Å². The maximum Gasteiger partial charge on any atom is 0.328 e. The second kappa shape index (κ2) is 10.0. The van der Waals surface area contributed by atoms with E-state index in [2.05, 4.69) is 10.3 Å². The number of benzene rings is 1. The fourth-order valence-electron chi connectivity index (χ4n) is 2.47. The van der Waals surface area contributed by atoms with Gasteiger partial charge in [0.15, 0.2) is 6.61 Å². The molecule has 7 nitrogen and oxygen atoms in total. The summed E-state index contributed by atoms with van der Waals surface area (Å²) < 4.78 is 10.8. The van der Waals surface area contributed by atoms with Crippen LogP contribution >= 0.6 is 11.3 Å². The summed E-state index contributed by atoms with van der Waals surface area (Å²) in [5.74, 6) is -1.61. The zero-order valence-electron chi connectivity index (χ0n) is 15.7. The Morgan fingerprint density at radius 1 is 1.26 bits per heavy atom. The van der Waals surface area contributed by atoms with E-state index in [0.717, 1.165) is 15.2 Å². The van der Waals surface area contributed by atoms with Crippen LogP contribution in [0.1, 0.15) is 31.7 Å². The number of amides is 1. The minimum Gasteiger partial charge on any atom is -0.467 e. The van der Waals surface area contributed by atoms with E-state index in [0.29, 0.717) is 12.8 Å². The van der Waals surface area contributed by atoms with Crippen LogP contribution in [-0.4, -0.2) is 42.6 Å². The molecule has 0 radical (unpaired) electrons. The predicted octanol–water partition coefficient (Wildman–Crippen LogP) is 2.48. The molecule has 1 amide bonds. The highest BCUT2D eigenvalue weighted by molar-refractivity contribution is 7.18. The van der Waals surface area contributed by atoms with Crippen LogP contribution in [0.2, 0.25) is 0 Å². The third-order valence-electron chi connectivity index (χ3n) is 4.23. The molecule has 0 unspecified atom stereocenters. The third-order valence-corrected chi connectivity index (χ3v) is 5.33. The van der Waals surface area contributed by atoms with Gasteiger partial charge in [0.25, 0.3) is 5.91 Å². The van der Waals surface area contributed by atoms with Crippen LogP contribution in [-0.2, 0) is 30.3 Å². The Balaban J connectivity index is 1.78. The number of fused-ring (bicyclic) bond motifs is 1. The molecule has 0 aliphatic rings. The third kappa shape index (κ3) is 6.02. The molecule has 2 aromatic rings. The second-order valence-corrected chi connectivity index (χ2v) is 7.31. The maximum atomic E-state index is 12.0. The van der Waals surface area contributed by atoms with Crippen molar-refractivity contribution in [1.82, 2.24) is 10.3 Å². The molecule has 0 saturated carbocycles. The van der Waals surface area contributed by atoms with E-state index in [9.17, 15) is 14.4 Å². The molecule has 0 aliphatic carbocycles. The highest BCUT2D eigenvalue weighted by Gasteiger charge is 2.26. The first-order chi connectivity index (χ1) is 12.9. The molecular formula is C19H24N2O5S. The number of thiazole rings is 1. The fourth-order valence-corrected chi connectivity index (χ4v) is 3.43. The summed E-state index contributed by atoms with van der Waals surface area (Å²) in [4.78, 5) is 40.1. The van der Waals surface area contributed by atoms with Gasteiger partial charge in [0, 0.05) is 6.42 Å². The lowest BCUT2D eigenvalue weighted by atomic mass is 9.99. The van der Waals surface area contributed by atoms with Crippen LogP contribution in [0.15, 0.2) is 24.3 Å². The van der Waals surface area contributed by atoms with Crippen molar-refractivity contribution in [3.63, 3.8) is 0 Å². The topological polar surface area (TPSA) is 94.6 Å². The SMILES string of the molecule is CC[C@@H](C)[C@H](NC(=O)COC(=O)CCc1nc2ccccc2s1)C(=O)OC. The largest absolute Gasteiger partial charge is 0.467 e. The molecule has 1 heterocycles. The van der Waals surface area contributed by atoms with Crippen LogP contribution in [0.4, 0.5) is 0 Å². The lowest BCUT2D eigenvalue weighted by Gasteiger charge is -2.21. The standard InChI is InChI=1S/C19H24N2O5S/c1-4-12(2)18(19(24)25-3)21-15(22)11-26-17(23)10-9-16-20-13-7-5-6-8-14(13)27-16/h5-8,12,18H,4,9-11H2,1-3H3,(H,21,22)/t12-,18+/m1/s1. The Labute approximate surface area is 162 Å². The van der Waals surface area contributed by atoms with Crippen LogP contribution in [0.25, 0.3) is 10.2 Å². The molecule has 0 fully saturated rings. The summed E-state index contributed by atoms with van der Waals surface area (Å²) in [6, 6.07) is 7.01. The molecule has 0 spiro atoms. The van der Waals surface area contributed by atoms with Crippen molar-refractivity contribution in [2.24, 2.45) is 5.92 Å². The molecule has 2 rings (SSSR count). The molecule has 1 aromatic carbocycles. The van der Waals surface area contributed by atoms with Crippen LogP contribution < -0.4 is 5.32 Å². The van der Waals surface area contributed by atoms with Crippen molar-refractivity contribution in [2.75, 3.05) is 13.7 Å². The molecule has 2 atom stereocenters. The number of ether oxygens (including phenoxy) is 2. The molecule has 1 N–H and O–H groups in total. The minimum atomic E-state index is -0.756. The average Bonchev–Trinajstić information content (AvgIpc) is 3.10. The van der Waals surface area contributed by atoms with Gasteiger partial charge >= 0.3 is 11.9 Å². The van der Waals surface area contributed by atoms with Gasteiger partial charge in [-0.2, -0.15) is 0 Å². The first kappa shape index (κ1) is 20.8. The first-order valence-corrected chi connectivity index (χ1v) is 9.63. The fraction of sp³-hybridized carbons (Fsp3) is 0.474. The van der Waals surface area contributed by atoms with Gasteiger partial charge in [0.1, 0.15) is 6.04 Å². The molecule has 0 aliphatic heterocycles. The van der Waals surface area contributed by atoms with E-state index in [-0.39, 0.29) is 12.3 Å². The van der Waals surface area contributed by atoms with Crippen molar-refractivity contribution in [2.45, 2.75) is 39.2 Å². The van der Waals surface area contributed by atoms with Crippen molar-refractivity contribution >= 4 is 39.4 Å². The van der Waals surface area contributed by atoms with E-state index in [1.807, 2.05) is 38.1 Å². The molecule has 0 bridgehead atoms. The summed E-state index contributed by atoms with van der Waals surface area (Å²) >= 11 is 1.53. The maximum absolute atomic E-state index is 12.0. The summed E-state index contributed by atoms with van der Waals surface area (Å²) in [6.45, 7) is 3.32. The number of rotatable bonds is 9. The van der Waals surface area contributed by atoms with Crippen LogP contribution in [0, 0.1) is 5.92 Å². The molecule has 146 valence electrons. The van der Waals surface area contributed by atoms with Crippen molar-refractivity contribution in [3.05, 3.63) is 29.3 Å². The van der Waals surface area contributed by atoms with Gasteiger partial charge in [-0.15, -0.1) is 11.3 Å². The minimum absolute atomic E-state index is 0.0869. The van der Waals surface area contributed by atoms with E-state index in [1.165, 1.54) is 18.4 Å². The first-order valence-electron chi connectivity index (χ1n) is 8.81. The van der Waals surface area contributed by atoms with Gasteiger partial charge in [-0.1, -0.05) is 32.4 Å². The average molecular weight is 392 g/mol. The number of esters is 2. The van der Waals surface area contributed by atoms with E-state index in [4.69, 9.17) is 9.47 Å². The number of carbonyl (C=O) groups excluding carboxylic acids is 3. The number of para-hydroxylation sites is 1. The summed E-state index contributed by atoms with van der Waals surface area (Å²) in [7, 11) is 1.27. The summed E-state index contributed by atoms with van der Waals surface area (Å²) in [5, 5.41) is 3.41. The Bertz CT molecular complexity index is 771. The molecule has 0 saturated heterocycles. The number of aromatic nitrogens is 1.